The van der Waals surface area contributed by atoms with Crippen molar-refractivity contribution < 1.29 is 8.81 Å². The van der Waals surface area contributed by atoms with Crippen LogP contribution in [0.1, 0.15) is 5.56 Å². The fraction of sp³-hybridized carbons (Fsp3) is 0.0714. The second kappa shape index (κ2) is 3.84. The molecule has 2 aromatic carbocycles. The minimum atomic E-state index is -0.489. The Bertz CT molecular complexity index is 786. The molecular weight excluding hydrogens is 233 g/mol. The van der Waals surface area contributed by atoms with Crippen molar-refractivity contribution in [2.24, 2.45) is 0 Å². The molecule has 0 bridgehead atoms. The molecule has 1 aromatic heterocycles. The van der Waals surface area contributed by atoms with Crippen molar-refractivity contribution in [3.8, 4) is 11.1 Å². The van der Waals surface area contributed by atoms with E-state index in [1.54, 1.807) is 31.2 Å². The molecular formula is C14H10FNO2. The van der Waals surface area contributed by atoms with Crippen LogP contribution in [0, 0.1) is 12.7 Å². The Kier molecular flexibility index (Phi) is 2.30. The third-order valence-corrected chi connectivity index (χ3v) is 2.92. The molecule has 1 N–H and O–H groups in total. The van der Waals surface area contributed by atoms with E-state index in [0.717, 1.165) is 11.1 Å². The van der Waals surface area contributed by atoms with E-state index < -0.39 is 5.76 Å². The highest BCUT2D eigenvalue weighted by Crippen LogP contribution is 2.24. The molecule has 3 rings (SSSR count). The number of nitrogens with one attached hydrogen (secondary N) is 1. The lowest BCUT2D eigenvalue weighted by Crippen LogP contribution is -1.92. The number of aromatic nitrogens is 1. The number of rotatable bonds is 1. The van der Waals surface area contributed by atoms with E-state index in [9.17, 15) is 9.18 Å². The number of fused-ring (bicyclic) bond motifs is 1. The van der Waals surface area contributed by atoms with Gasteiger partial charge in [0.15, 0.2) is 5.58 Å². The zero-order valence-electron chi connectivity index (χ0n) is 9.66. The molecule has 4 heteroatoms. The van der Waals surface area contributed by atoms with Gasteiger partial charge in [0.05, 0.1) is 5.52 Å². The van der Waals surface area contributed by atoms with Gasteiger partial charge in [0.1, 0.15) is 5.82 Å². The van der Waals surface area contributed by atoms with Gasteiger partial charge in [0.25, 0.3) is 0 Å². The van der Waals surface area contributed by atoms with Gasteiger partial charge in [-0.25, -0.2) is 9.18 Å². The number of H-pyrrole nitrogens is 1. The normalized spacial score (nSPS) is 11.0. The van der Waals surface area contributed by atoms with Gasteiger partial charge in [-0.1, -0.05) is 18.2 Å². The third-order valence-electron chi connectivity index (χ3n) is 2.92. The van der Waals surface area contributed by atoms with Crippen LogP contribution in [0.25, 0.3) is 22.2 Å². The van der Waals surface area contributed by atoms with Crippen LogP contribution in [0.3, 0.4) is 0 Å². The van der Waals surface area contributed by atoms with E-state index in [1.165, 1.54) is 6.07 Å². The molecule has 0 fully saturated rings. The van der Waals surface area contributed by atoms with Crippen molar-refractivity contribution in [3.63, 3.8) is 0 Å². The second-order valence-electron chi connectivity index (χ2n) is 4.19. The van der Waals surface area contributed by atoms with Crippen molar-refractivity contribution >= 4 is 11.1 Å². The minimum absolute atomic E-state index is 0.242. The number of hydrogen-bond donors (Lipinski definition) is 1. The molecule has 0 saturated heterocycles. The topological polar surface area (TPSA) is 46.0 Å². The summed E-state index contributed by atoms with van der Waals surface area (Å²) in [7, 11) is 0. The Hall–Kier alpha value is -2.36. The summed E-state index contributed by atoms with van der Waals surface area (Å²) in [6.07, 6.45) is 0. The summed E-state index contributed by atoms with van der Waals surface area (Å²) in [5.74, 6) is -0.731. The maximum atomic E-state index is 13.5. The fourth-order valence-electron chi connectivity index (χ4n) is 1.90. The van der Waals surface area contributed by atoms with Gasteiger partial charge < -0.3 is 4.42 Å². The van der Waals surface area contributed by atoms with Crippen molar-refractivity contribution in [2.75, 3.05) is 0 Å². The van der Waals surface area contributed by atoms with Crippen LogP contribution in [0.2, 0.25) is 0 Å². The van der Waals surface area contributed by atoms with Gasteiger partial charge in [-0.2, -0.15) is 0 Å². The van der Waals surface area contributed by atoms with E-state index in [4.69, 9.17) is 4.42 Å². The molecule has 18 heavy (non-hydrogen) atoms. The SMILES string of the molecule is Cc1ccc(-c2ccc3oc(=O)[nH]c3c2)cc1F. The van der Waals surface area contributed by atoms with E-state index in [0.29, 0.717) is 16.7 Å². The molecule has 0 aliphatic heterocycles. The largest absolute Gasteiger partial charge is 0.417 e. The second-order valence-corrected chi connectivity index (χ2v) is 4.19. The zero-order chi connectivity index (χ0) is 12.7. The van der Waals surface area contributed by atoms with Crippen molar-refractivity contribution in [1.82, 2.24) is 4.98 Å². The van der Waals surface area contributed by atoms with E-state index in [2.05, 4.69) is 4.98 Å². The Morgan fingerprint density at radius 1 is 1.11 bits per heavy atom. The third kappa shape index (κ3) is 1.72. The van der Waals surface area contributed by atoms with Gasteiger partial charge in [-0.3, -0.25) is 4.98 Å². The first-order valence-corrected chi connectivity index (χ1v) is 5.53. The molecule has 0 amide bonds. The van der Waals surface area contributed by atoms with Gasteiger partial charge in [0, 0.05) is 0 Å². The highest BCUT2D eigenvalue weighted by molar-refractivity contribution is 5.80. The summed E-state index contributed by atoms with van der Waals surface area (Å²) < 4.78 is 18.4. The molecule has 0 saturated carbocycles. The zero-order valence-corrected chi connectivity index (χ0v) is 9.66. The van der Waals surface area contributed by atoms with Crippen molar-refractivity contribution in [2.45, 2.75) is 6.92 Å². The van der Waals surface area contributed by atoms with Crippen LogP contribution in [-0.4, -0.2) is 4.98 Å². The number of oxazole rings is 1. The van der Waals surface area contributed by atoms with Crippen LogP contribution in [0.5, 0.6) is 0 Å². The number of benzene rings is 2. The van der Waals surface area contributed by atoms with Crippen LogP contribution < -0.4 is 5.76 Å². The van der Waals surface area contributed by atoms with Crippen molar-refractivity contribution in [1.29, 1.82) is 0 Å². The predicted octanol–water partition coefficient (Wildman–Crippen LogP) is 3.24. The molecule has 0 aliphatic rings. The smallest absolute Gasteiger partial charge is 0.408 e. The average Bonchev–Trinajstić information content (AvgIpc) is 2.71. The first-order valence-electron chi connectivity index (χ1n) is 5.53. The van der Waals surface area contributed by atoms with Crippen LogP contribution in [-0.2, 0) is 0 Å². The van der Waals surface area contributed by atoms with Gasteiger partial charge in [0.2, 0.25) is 0 Å². The monoisotopic (exact) mass is 243 g/mol. The number of aryl methyl sites for hydroxylation is 1. The molecule has 90 valence electrons. The standard InChI is InChI=1S/C14H10FNO2/c1-8-2-3-9(6-11(8)15)10-4-5-13-12(7-10)16-14(17)18-13/h2-7H,1H3,(H,16,17). The highest BCUT2D eigenvalue weighted by Gasteiger charge is 2.05. The minimum Gasteiger partial charge on any atom is -0.408 e. The highest BCUT2D eigenvalue weighted by atomic mass is 19.1. The first kappa shape index (κ1) is 10.8. The Morgan fingerprint density at radius 2 is 1.83 bits per heavy atom. The summed E-state index contributed by atoms with van der Waals surface area (Å²) in [5, 5.41) is 0. The van der Waals surface area contributed by atoms with E-state index in [-0.39, 0.29) is 5.82 Å². The summed E-state index contributed by atoms with van der Waals surface area (Å²) in [5.41, 5.74) is 3.31. The first-order chi connectivity index (χ1) is 8.63. The summed E-state index contributed by atoms with van der Waals surface area (Å²) in [6.45, 7) is 1.72. The number of hydrogen-bond acceptors (Lipinski definition) is 2. The Labute approximate surface area is 102 Å². The summed E-state index contributed by atoms with van der Waals surface area (Å²) in [6, 6.07) is 10.3. The molecule has 0 spiro atoms. The lowest BCUT2D eigenvalue weighted by molar-refractivity contribution is 0.555. The lowest BCUT2D eigenvalue weighted by atomic mass is 10.0. The molecule has 0 radical (unpaired) electrons. The van der Waals surface area contributed by atoms with Gasteiger partial charge in [-0.05, 0) is 41.8 Å². The predicted molar refractivity (Wildman–Crippen MR) is 67.0 cm³/mol. The Balaban J connectivity index is 2.18. The molecule has 1 heterocycles. The molecule has 0 unspecified atom stereocenters. The average molecular weight is 243 g/mol. The molecule has 0 aliphatic carbocycles. The van der Waals surface area contributed by atoms with Gasteiger partial charge >= 0.3 is 5.76 Å². The maximum Gasteiger partial charge on any atom is 0.417 e. The van der Waals surface area contributed by atoms with Crippen LogP contribution in [0.15, 0.2) is 45.6 Å². The Morgan fingerprint density at radius 3 is 2.61 bits per heavy atom. The molecule has 0 atom stereocenters. The molecule has 3 aromatic rings. The maximum absolute atomic E-state index is 13.5. The van der Waals surface area contributed by atoms with Crippen LogP contribution >= 0.6 is 0 Å². The quantitative estimate of drug-likeness (QED) is 0.713. The number of aromatic amines is 1. The van der Waals surface area contributed by atoms with Gasteiger partial charge in [-0.15, -0.1) is 0 Å². The van der Waals surface area contributed by atoms with Crippen LogP contribution in [0.4, 0.5) is 4.39 Å². The number of halogens is 1. The fourth-order valence-corrected chi connectivity index (χ4v) is 1.90. The lowest BCUT2D eigenvalue weighted by Gasteiger charge is -2.03. The van der Waals surface area contributed by atoms with E-state index in [1.807, 2.05) is 6.07 Å². The molecule has 3 nitrogen and oxygen atoms in total. The summed E-state index contributed by atoms with van der Waals surface area (Å²) in [4.78, 5) is 13.6. The summed E-state index contributed by atoms with van der Waals surface area (Å²) >= 11 is 0. The van der Waals surface area contributed by atoms with E-state index >= 15 is 0 Å². The van der Waals surface area contributed by atoms with Crippen molar-refractivity contribution in [3.05, 3.63) is 58.3 Å².